The van der Waals surface area contributed by atoms with E-state index in [0.717, 1.165) is 11.3 Å². The highest BCUT2D eigenvalue weighted by Gasteiger charge is 2.39. The second-order valence-corrected chi connectivity index (χ2v) is 7.11. The molecule has 0 atom stereocenters. The summed E-state index contributed by atoms with van der Waals surface area (Å²) in [7, 11) is 3.34. The Balaban J connectivity index is 1.46. The minimum Gasteiger partial charge on any atom is -0.497 e. The molecule has 9 heteroatoms. The molecule has 2 aliphatic heterocycles. The predicted molar refractivity (Wildman–Crippen MR) is 102 cm³/mol. The van der Waals surface area contributed by atoms with Crippen molar-refractivity contribution in [2.24, 2.45) is 7.05 Å². The Morgan fingerprint density at radius 3 is 2.62 bits per heavy atom. The molecule has 0 saturated carbocycles. The van der Waals surface area contributed by atoms with Gasteiger partial charge in [-0.05, 0) is 31.0 Å². The Bertz CT molecular complexity index is 946. The van der Waals surface area contributed by atoms with E-state index >= 15 is 0 Å². The summed E-state index contributed by atoms with van der Waals surface area (Å²) in [6, 6.07) is 9.05. The average molecular weight is 398 g/mol. The lowest BCUT2D eigenvalue weighted by Crippen LogP contribution is -2.48. The van der Waals surface area contributed by atoms with E-state index in [2.05, 4.69) is 5.10 Å². The van der Waals surface area contributed by atoms with Crippen molar-refractivity contribution in [2.75, 3.05) is 26.8 Å². The second-order valence-electron chi connectivity index (χ2n) is 7.11. The van der Waals surface area contributed by atoms with E-state index in [-0.39, 0.29) is 24.5 Å². The molecule has 3 heterocycles. The van der Waals surface area contributed by atoms with Crippen LogP contribution in [0, 0.1) is 0 Å². The van der Waals surface area contributed by atoms with Gasteiger partial charge >= 0.3 is 6.09 Å². The van der Waals surface area contributed by atoms with Gasteiger partial charge < -0.3 is 14.4 Å². The summed E-state index contributed by atoms with van der Waals surface area (Å²) in [6.45, 7) is 0.723. The molecule has 0 bridgehead atoms. The molecule has 2 saturated heterocycles. The zero-order valence-corrected chi connectivity index (χ0v) is 16.3. The van der Waals surface area contributed by atoms with Crippen LogP contribution in [0.4, 0.5) is 4.79 Å². The van der Waals surface area contributed by atoms with Crippen molar-refractivity contribution in [2.45, 2.75) is 18.9 Å². The molecule has 1 aromatic heterocycles. The summed E-state index contributed by atoms with van der Waals surface area (Å²) in [5.74, 6) is 0.287. The number of ether oxygens (including phenoxy) is 2. The van der Waals surface area contributed by atoms with Gasteiger partial charge in [0.1, 0.15) is 11.4 Å². The van der Waals surface area contributed by atoms with Crippen LogP contribution in [0.2, 0.25) is 0 Å². The first kappa shape index (κ1) is 19.0. The Hall–Kier alpha value is -3.36. The number of aryl methyl sites for hydroxylation is 1. The number of rotatable bonds is 4. The van der Waals surface area contributed by atoms with Gasteiger partial charge in [0.2, 0.25) is 0 Å². The third-order valence-electron chi connectivity index (χ3n) is 5.37. The first-order valence-corrected chi connectivity index (χ1v) is 9.44. The maximum atomic E-state index is 13.0. The predicted octanol–water partition coefficient (Wildman–Crippen LogP) is 1.68. The lowest BCUT2D eigenvalue weighted by atomic mass is 10.0. The fourth-order valence-electron chi connectivity index (χ4n) is 3.80. The topological polar surface area (TPSA) is 94.0 Å². The number of carbonyl (C=O) groups is 3. The van der Waals surface area contributed by atoms with E-state index in [1.54, 1.807) is 29.8 Å². The van der Waals surface area contributed by atoms with E-state index in [1.165, 1.54) is 4.90 Å². The number of nitrogens with zero attached hydrogens (tertiary/aromatic N) is 4. The number of likely N-dealkylation sites (tertiary alicyclic amines) is 1. The average Bonchev–Trinajstić information content (AvgIpc) is 3.29. The Kier molecular flexibility index (Phi) is 4.96. The van der Waals surface area contributed by atoms with Crippen LogP contribution in [0.5, 0.6) is 5.75 Å². The van der Waals surface area contributed by atoms with Gasteiger partial charge in [-0.2, -0.15) is 5.10 Å². The van der Waals surface area contributed by atoms with Crippen molar-refractivity contribution in [3.63, 3.8) is 0 Å². The fraction of sp³-hybridized carbons (Fsp3) is 0.400. The van der Waals surface area contributed by atoms with Crippen LogP contribution in [-0.2, 0) is 16.6 Å². The van der Waals surface area contributed by atoms with Gasteiger partial charge in [0.25, 0.3) is 11.8 Å². The molecular formula is C20H22N4O5. The number of amides is 3. The van der Waals surface area contributed by atoms with Crippen molar-refractivity contribution >= 4 is 17.9 Å². The van der Waals surface area contributed by atoms with E-state index in [0.29, 0.717) is 37.3 Å². The Morgan fingerprint density at radius 1 is 1.21 bits per heavy atom. The van der Waals surface area contributed by atoms with E-state index in [9.17, 15) is 14.4 Å². The van der Waals surface area contributed by atoms with Crippen LogP contribution in [0.25, 0.3) is 11.3 Å². The van der Waals surface area contributed by atoms with Crippen molar-refractivity contribution in [1.82, 2.24) is 19.6 Å². The van der Waals surface area contributed by atoms with Gasteiger partial charge in [0.15, 0.2) is 6.61 Å². The number of hydrogen-bond donors (Lipinski definition) is 0. The van der Waals surface area contributed by atoms with Gasteiger partial charge in [-0.25, -0.2) is 9.69 Å². The third-order valence-corrected chi connectivity index (χ3v) is 5.37. The van der Waals surface area contributed by atoms with E-state index in [1.807, 2.05) is 24.3 Å². The zero-order valence-electron chi connectivity index (χ0n) is 16.3. The molecule has 2 fully saturated rings. The third kappa shape index (κ3) is 3.55. The molecule has 0 unspecified atom stereocenters. The van der Waals surface area contributed by atoms with Crippen LogP contribution in [0.1, 0.15) is 23.3 Å². The van der Waals surface area contributed by atoms with Crippen LogP contribution in [-0.4, -0.2) is 70.3 Å². The number of benzene rings is 1. The van der Waals surface area contributed by atoms with E-state index in [4.69, 9.17) is 9.47 Å². The highest BCUT2D eigenvalue weighted by atomic mass is 16.6. The van der Waals surface area contributed by atoms with Gasteiger partial charge in [-0.15, -0.1) is 0 Å². The minimum atomic E-state index is -0.589. The molecular weight excluding hydrogens is 376 g/mol. The highest BCUT2D eigenvalue weighted by molar-refractivity contribution is 5.98. The SMILES string of the molecule is COc1cccc(-c2cc(C(=O)N3CCC(N4C(=O)COC4=O)CC3)n(C)n2)c1. The molecule has 152 valence electrons. The number of piperidine rings is 1. The van der Waals surface area contributed by atoms with Gasteiger partial charge in [-0.3, -0.25) is 14.3 Å². The summed E-state index contributed by atoms with van der Waals surface area (Å²) in [5, 5.41) is 4.47. The van der Waals surface area contributed by atoms with E-state index < -0.39 is 6.09 Å². The largest absolute Gasteiger partial charge is 0.497 e. The number of cyclic esters (lactones) is 1. The summed E-state index contributed by atoms with van der Waals surface area (Å²) in [5.41, 5.74) is 2.04. The molecule has 3 amide bonds. The number of methoxy groups -OCH3 is 1. The zero-order chi connectivity index (χ0) is 20.5. The lowest BCUT2D eigenvalue weighted by Gasteiger charge is -2.34. The standard InChI is InChI=1S/C20H22N4O5/c1-22-17(11-16(21-22)13-4-3-5-15(10-13)28-2)19(26)23-8-6-14(7-9-23)24-18(25)12-29-20(24)27/h3-5,10-11,14H,6-9,12H2,1-2H3. The lowest BCUT2D eigenvalue weighted by molar-refractivity contribution is -0.127. The van der Waals surface area contributed by atoms with Gasteiger partial charge in [0.05, 0.1) is 12.8 Å². The van der Waals surface area contributed by atoms with Gasteiger partial charge in [0, 0.05) is 31.7 Å². The Morgan fingerprint density at radius 2 is 1.97 bits per heavy atom. The van der Waals surface area contributed by atoms with Crippen LogP contribution < -0.4 is 4.74 Å². The molecule has 2 aliphatic rings. The summed E-state index contributed by atoms with van der Waals surface area (Å²) >= 11 is 0. The first-order chi connectivity index (χ1) is 14.0. The van der Waals surface area contributed by atoms with Crippen LogP contribution in [0.3, 0.4) is 0 Å². The van der Waals surface area contributed by atoms with Crippen molar-refractivity contribution < 1.29 is 23.9 Å². The maximum absolute atomic E-state index is 13.0. The number of carbonyl (C=O) groups excluding carboxylic acids is 3. The molecule has 0 radical (unpaired) electrons. The highest BCUT2D eigenvalue weighted by Crippen LogP contribution is 2.25. The minimum absolute atomic E-state index is 0.122. The maximum Gasteiger partial charge on any atom is 0.417 e. The number of hydrogen-bond acceptors (Lipinski definition) is 6. The molecule has 2 aromatic rings. The van der Waals surface area contributed by atoms with Crippen molar-refractivity contribution in [3.8, 4) is 17.0 Å². The van der Waals surface area contributed by atoms with Gasteiger partial charge in [-0.1, -0.05) is 12.1 Å². The summed E-state index contributed by atoms with van der Waals surface area (Å²) in [4.78, 5) is 39.5. The molecule has 0 N–H and O–H groups in total. The fourth-order valence-corrected chi connectivity index (χ4v) is 3.80. The normalized spacial score (nSPS) is 17.6. The second kappa shape index (κ2) is 7.57. The summed E-state index contributed by atoms with van der Waals surface area (Å²) in [6.07, 6.45) is 0.481. The van der Waals surface area contributed by atoms with Crippen molar-refractivity contribution in [3.05, 3.63) is 36.0 Å². The molecule has 29 heavy (non-hydrogen) atoms. The van der Waals surface area contributed by atoms with Crippen molar-refractivity contribution in [1.29, 1.82) is 0 Å². The first-order valence-electron chi connectivity index (χ1n) is 9.44. The molecule has 1 aromatic carbocycles. The van der Waals surface area contributed by atoms with Crippen LogP contribution >= 0.6 is 0 Å². The smallest absolute Gasteiger partial charge is 0.417 e. The number of imide groups is 1. The molecule has 0 aliphatic carbocycles. The number of aromatic nitrogens is 2. The van der Waals surface area contributed by atoms with Crippen LogP contribution in [0.15, 0.2) is 30.3 Å². The molecule has 0 spiro atoms. The quantitative estimate of drug-likeness (QED) is 0.778. The summed E-state index contributed by atoms with van der Waals surface area (Å²) < 4.78 is 11.6. The molecule has 9 nitrogen and oxygen atoms in total. The molecule has 4 rings (SSSR count). The monoisotopic (exact) mass is 398 g/mol. The Labute approximate surface area is 167 Å².